The number of nitrogens with zero attached hydrogens (tertiary/aromatic N) is 3. The van der Waals surface area contributed by atoms with Crippen LogP contribution in [0.1, 0.15) is 78.7 Å². The highest BCUT2D eigenvalue weighted by Gasteiger charge is 2.18. The number of unbranched alkanes of at least 4 members (excludes halogenated alkanes) is 1. The molecule has 0 radical (unpaired) electrons. The second-order valence-electron chi connectivity index (χ2n) is 9.05. The van der Waals surface area contributed by atoms with E-state index in [4.69, 9.17) is 4.98 Å². The predicted molar refractivity (Wildman–Crippen MR) is 135 cm³/mol. The first kappa shape index (κ1) is 23.1. The van der Waals surface area contributed by atoms with Crippen molar-refractivity contribution < 1.29 is 4.79 Å². The lowest BCUT2D eigenvalue weighted by Crippen LogP contribution is -2.23. The van der Waals surface area contributed by atoms with Crippen LogP contribution in [-0.4, -0.2) is 26.8 Å². The number of aromatic nitrogens is 3. The summed E-state index contributed by atoms with van der Waals surface area (Å²) in [4.78, 5) is 36.0. The molecule has 0 saturated heterocycles. The van der Waals surface area contributed by atoms with Gasteiger partial charge in [0.1, 0.15) is 4.88 Å². The number of nitrogens with one attached hydrogen (secondary N) is 1. The Morgan fingerprint density at radius 3 is 2.67 bits per heavy atom. The minimum atomic E-state index is -0.165. The largest absolute Gasteiger partial charge is 0.351 e. The molecule has 0 fully saturated rings. The lowest BCUT2D eigenvalue weighted by molar-refractivity contribution is 0.0956. The summed E-state index contributed by atoms with van der Waals surface area (Å²) in [5.41, 5.74) is 4.02. The molecule has 3 heterocycles. The normalized spacial score (nSPS) is 11.7. The number of thiazole rings is 1. The van der Waals surface area contributed by atoms with E-state index in [9.17, 15) is 9.59 Å². The van der Waals surface area contributed by atoms with Crippen molar-refractivity contribution in [1.29, 1.82) is 0 Å². The van der Waals surface area contributed by atoms with Gasteiger partial charge in [-0.05, 0) is 59.9 Å². The van der Waals surface area contributed by atoms with Crippen LogP contribution in [-0.2, 0) is 6.42 Å². The monoisotopic (exact) mass is 462 g/mol. The van der Waals surface area contributed by atoms with Gasteiger partial charge in [0.15, 0.2) is 4.96 Å². The highest BCUT2D eigenvalue weighted by molar-refractivity contribution is 7.18. The Morgan fingerprint density at radius 2 is 1.97 bits per heavy atom. The van der Waals surface area contributed by atoms with E-state index in [1.165, 1.54) is 21.3 Å². The van der Waals surface area contributed by atoms with Gasteiger partial charge in [-0.15, -0.1) is 0 Å². The van der Waals surface area contributed by atoms with E-state index in [0.717, 1.165) is 35.9 Å². The highest BCUT2D eigenvalue weighted by Crippen LogP contribution is 2.29. The first-order valence-corrected chi connectivity index (χ1v) is 12.3. The van der Waals surface area contributed by atoms with Crippen LogP contribution in [0.4, 0.5) is 0 Å². The third-order valence-electron chi connectivity index (χ3n) is 5.89. The molecule has 1 amide bonds. The van der Waals surface area contributed by atoms with E-state index in [-0.39, 0.29) is 17.4 Å². The number of pyridine rings is 1. The summed E-state index contributed by atoms with van der Waals surface area (Å²) < 4.78 is 1.51. The summed E-state index contributed by atoms with van der Waals surface area (Å²) in [5.74, 6) is 0.395. The molecule has 1 aromatic carbocycles. The maximum Gasteiger partial charge on any atom is 0.266 e. The van der Waals surface area contributed by atoms with Crippen molar-refractivity contribution in [2.75, 3.05) is 6.54 Å². The Morgan fingerprint density at radius 1 is 1.15 bits per heavy atom. The predicted octanol–water partition coefficient (Wildman–Crippen LogP) is 5.30. The SMILES string of the molecule is CC(C)c1cc(C(C)C)c2nc3sc(C(=O)NCCCCc4cccnc4)cn3c(=O)c2c1. The van der Waals surface area contributed by atoms with Gasteiger partial charge < -0.3 is 5.32 Å². The van der Waals surface area contributed by atoms with Crippen LogP contribution in [0.5, 0.6) is 0 Å². The summed E-state index contributed by atoms with van der Waals surface area (Å²) in [6.45, 7) is 9.07. The minimum Gasteiger partial charge on any atom is -0.351 e. The zero-order valence-corrected chi connectivity index (χ0v) is 20.4. The van der Waals surface area contributed by atoms with Crippen LogP contribution in [0, 0.1) is 0 Å². The number of rotatable bonds is 8. The average Bonchev–Trinajstić information content (AvgIpc) is 3.23. The molecule has 0 atom stereocenters. The first-order chi connectivity index (χ1) is 15.8. The lowest BCUT2D eigenvalue weighted by atomic mass is 9.93. The van der Waals surface area contributed by atoms with Crippen LogP contribution in [0.15, 0.2) is 47.7 Å². The maximum atomic E-state index is 13.3. The maximum absolute atomic E-state index is 13.3. The van der Waals surface area contributed by atoms with Crippen molar-refractivity contribution in [3.8, 4) is 0 Å². The molecule has 172 valence electrons. The zero-order valence-electron chi connectivity index (χ0n) is 19.6. The quantitative estimate of drug-likeness (QED) is 0.360. The molecule has 6 nitrogen and oxygen atoms in total. The third-order valence-corrected chi connectivity index (χ3v) is 6.87. The summed E-state index contributed by atoms with van der Waals surface area (Å²) >= 11 is 1.26. The molecule has 0 saturated carbocycles. The van der Waals surface area contributed by atoms with Crippen LogP contribution in [0.25, 0.3) is 15.9 Å². The number of fused-ring (bicyclic) bond motifs is 2. The van der Waals surface area contributed by atoms with Gasteiger partial charge in [0.25, 0.3) is 11.5 Å². The van der Waals surface area contributed by atoms with Gasteiger partial charge in [0, 0.05) is 25.1 Å². The van der Waals surface area contributed by atoms with Crippen molar-refractivity contribution in [2.24, 2.45) is 0 Å². The zero-order chi connectivity index (χ0) is 23.5. The summed E-state index contributed by atoms with van der Waals surface area (Å²) in [6, 6.07) is 8.11. The van der Waals surface area contributed by atoms with Crippen molar-refractivity contribution >= 4 is 33.1 Å². The minimum absolute atomic E-state index is 0.119. The van der Waals surface area contributed by atoms with Crippen LogP contribution < -0.4 is 10.9 Å². The lowest BCUT2D eigenvalue weighted by Gasteiger charge is -2.14. The van der Waals surface area contributed by atoms with Crippen LogP contribution >= 0.6 is 11.3 Å². The average molecular weight is 463 g/mol. The summed E-state index contributed by atoms with van der Waals surface area (Å²) in [7, 11) is 0. The molecule has 0 bridgehead atoms. The topological polar surface area (TPSA) is 76.4 Å². The van der Waals surface area contributed by atoms with Crippen molar-refractivity contribution in [3.63, 3.8) is 0 Å². The number of carbonyl (C=O) groups is 1. The van der Waals surface area contributed by atoms with E-state index in [2.05, 4.69) is 50.1 Å². The van der Waals surface area contributed by atoms with Gasteiger partial charge in [0.05, 0.1) is 10.9 Å². The fraction of sp³-hybridized carbons (Fsp3) is 0.385. The van der Waals surface area contributed by atoms with E-state index < -0.39 is 0 Å². The van der Waals surface area contributed by atoms with Crippen molar-refractivity contribution in [1.82, 2.24) is 19.7 Å². The fourth-order valence-electron chi connectivity index (χ4n) is 3.93. The molecule has 7 heteroatoms. The molecule has 0 aliphatic rings. The number of hydrogen-bond donors (Lipinski definition) is 1. The number of amides is 1. The smallest absolute Gasteiger partial charge is 0.266 e. The fourth-order valence-corrected chi connectivity index (χ4v) is 4.82. The Hall–Kier alpha value is -3.06. The molecule has 4 rings (SSSR count). The number of aryl methyl sites for hydroxylation is 1. The van der Waals surface area contributed by atoms with E-state index in [1.807, 2.05) is 18.3 Å². The Balaban J connectivity index is 1.54. The molecular weight excluding hydrogens is 432 g/mol. The number of benzene rings is 1. The second kappa shape index (κ2) is 9.83. The van der Waals surface area contributed by atoms with E-state index in [1.54, 1.807) is 12.4 Å². The molecule has 0 spiro atoms. The van der Waals surface area contributed by atoms with Gasteiger partial charge in [-0.2, -0.15) is 0 Å². The molecule has 0 aliphatic heterocycles. The first-order valence-electron chi connectivity index (χ1n) is 11.5. The summed E-state index contributed by atoms with van der Waals surface area (Å²) in [6.07, 6.45) is 8.06. The molecule has 4 aromatic rings. The van der Waals surface area contributed by atoms with Gasteiger partial charge in [-0.1, -0.05) is 51.2 Å². The van der Waals surface area contributed by atoms with Gasteiger partial charge in [-0.25, -0.2) is 4.98 Å². The van der Waals surface area contributed by atoms with Crippen molar-refractivity contribution in [3.05, 3.63) is 74.8 Å². The highest BCUT2D eigenvalue weighted by atomic mass is 32.1. The second-order valence-corrected chi connectivity index (χ2v) is 10.1. The standard InChI is InChI=1S/C26H30N4O2S/c1-16(2)19-12-20(17(3)4)23-21(13-19)25(32)30-15-22(33-26(30)29-23)24(31)28-11-6-5-8-18-9-7-10-27-14-18/h7,9-10,12-17H,5-6,8,11H2,1-4H3,(H,28,31). The number of hydrogen-bond acceptors (Lipinski definition) is 5. The molecule has 0 unspecified atom stereocenters. The Kier molecular flexibility index (Phi) is 6.88. The molecule has 3 aromatic heterocycles. The number of carbonyl (C=O) groups excluding carboxylic acids is 1. The molecule has 0 aliphatic carbocycles. The molecular formula is C26H30N4O2S. The Labute approximate surface area is 197 Å². The van der Waals surface area contributed by atoms with Gasteiger partial charge in [-0.3, -0.25) is 19.0 Å². The van der Waals surface area contributed by atoms with Gasteiger partial charge in [0.2, 0.25) is 0 Å². The molecule has 1 N–H and O–H groups in total. The summed E-state index contributed by atoms with van der Waals surface area (Å²) in [5, 5.41) is 3.59. The van der Waals surface area contributed by atoms with Crippen molar-refractivity contribution in [2.45, 2.75) is 58.8 Å². The van der Waals surface area contributed by atoms with Gasteiger partial charge >= 0.3 is 0 Å². The van der Waals surface area contributed by atoms with E-state index >= 15 is 0 Å². The third kappa shape index (κ3) is 4.98. The van der Waals surface area contributed by atoms with Crippen LogP contribution in [0.2, 0.25) is 0 Å². The van der Waals surface area contributed by atoms with Crippen LogP contribution in [0.3, 0.4) is 0 Å². The molecule has 33 heavy (non-hydrogen) atoms. The Bertz CT molecular complexity index is 1340. The van der Waals surface area contributed by atoms with E-state index in [0.29, 0.717) is 27.7 Å².